The topological polar surface area (TPSA) is 44.1 Å². The van der Waals surface area contributed by atoms with Crippen LogP contribution in [0.2, 0.25) is 0 Å². The van der Waals surface area contributed by atoms with Crippen molar-refractivity contribution < 1.29 is 9.18 Å². The summed E-state index contributed by atoms with van der Waals surface area (Å²) in [6.07, 6.45) is 3.02. The number of hydrogen-bond acceptors (Lipinski definition) is 2. The molecule has 1 amide bonds. The van der Waals surface area contributed by atoms with E-state index in [2.05, 4.69) is 6.07 Å². The molecule has 3 rings (SSSR count). The molecule has 1 fully saturated rings. The molecule has 24 heavy (non-hydrogen) atoms. The first-order valence-corrected chi connectivity index (χ1v) is 8.19. The van der Waals surface area contributed by atoms with Gasteiger partial charge in [0, 0.05) is 24.6 Å². The van der Waals surface area contributed by atoms with E-state index < -0.39 is 0 Å². The number of carbonyl (C=O) groups is 1. The largest absolute Gasteiger partial charge is 0.335 e. The van der Waals surface area contributed by atoms with E-state index in [1.807, 2.05) is 17.0 Å². The number of aryl methyl sites for hydroxylation is 1. The van der Waals surface area contributed by atoms with Crippen LogP contribution < -0.4 is 0 Å². The molecule has 0 aromatic heterocycles. The van der Waals surface area contributed by atoms with Crippen molar-refractivity contribution in [1.82, 2.24) is 4.90 Å². The van der Waals surface area contributed by atoms with Gasteiger partial charge in [-0.05, 0) is 43.0 Å². The van der Waals surface area contributed by atoms with Crippen molar-refractivity contribution in [3.05, 3.63) is 71.0 Å². The number of benzene rings is 2. The molecule has 3 nitrogen and oxygen atoms in total. The monoisotopic (exact) mass is 322 g/mol. The SMILES string of the molecule is N#Cc1ccc(CCC(=O)N(Cc2ccccc2F)C2CC2)cc1. The highest BCUT2D eigenvalue weighted by molar-refractivity contribution is 5.77. The molecular formula is C20H19FN2O. The quantitative estimate of drug-likeness (QED) is 0.811. The molecule has 0 atom stereocenters. The van der Waals surface area contributed by atoms with Gasteiger partial charge in [0.1, 0.15) is 5.82 Å². The van der Waals surface area contributed by atoms with Crippen LogP contribution in [0.5, 0.6) is 0 Å². The van der Waals surface area contributed by atoms with E-state index in [4.69, 9.17) is 5.26 Å². The van der Waals surface area contributed by atoms with E-state index in [1.165, 1.54) is 6.07 Å². The number of nitriles is 1. The van der Waals surface area contributed by atoms with E-state index in [-0.39, 0.29) is 17.8 Å². The molecule has 1 aliphatic rings. The van der Waals surface area contributed by atoms with Gasteiger partial charge >= 0.3 is 0 Å². The molecule has 0 unspecified atom stereocenters. The predicted molar refractivity (Wildman–Crippen MR) is 89.5 cm³/mol. The van der Waals surface area contributed by atoms with Gasteiger partial charge in [-0.2, -0.15) is 5.26 Å². The molecule has 2 aromatic carbocycles. The smallest absolute Gasteiger partial charge is 0.223 e. The van der Waals surface area contributed by atoms with Crippen molar-refractivity contribution in [1.29, 1.82) is 5.26 Å². The first-order valence-electron chi connectivity index (χ1n) is 8.19. The predicted octanol–water partition coefficient (Wildman–Crippen LogP) is 3.82. The van der Waals surface area contributed by atoms with Crippen molar-refractivity contribution in [3.8, 4) is 6.07 Å². The molecular weight excluding hydrogens is 303 g/mol. The second kappa shape index (κ2) is 7.27. The van der Waals surface area contributed by atoms with E-state index >= 15 is 0 Å². The lowest BCUT2D eigenvalue weighted by molar-refractivity contribution is -0.132. The molecule has 0 spiro atoms. The summed E-state index contributed by atoms with van der Waals surface area (Å²) in [6.45, 7) is 0.337. The molecule has 1 aliphatic carbocycles. The summed E-state index contributed by atoms with van der Waals surface area (Å²) in [5.41, 5.74) is 2.21. The Kier molecular flexibility index (Phi) is 4.90. The van der Waals surface area contributed by atoms with E-state index in [0.29, 0.717) is 30.5 Å². The molecule has 0 radical (unpaired) electrons. The Morgan fingerprint density at radius 2 is 1.88 bits per heavy atom. The number of rotatable bonds is 6. The number of carbonyl (C=O) groups excluding carboxylic acids is 1. The maximum Gasteiger partial charge on any atom is 0.223 e. The highest BCUT2D eigenvalue weighted by Gasteiger charge is 2.32. The van der Waals surface area contributed by atoms with Gasteiger partial charge in [-0.3, -0.25) is 4.79 Å². The van der Waals surface area contributed by atoms with E-state index in [0.717, 1.165) is 18.4 Å². The Hall–Kier alpha value is -2.67. The third-order valence-corrected chi connectivity index (χ3v) is 4.32. The highest BCUT2D eigenvalue weighted by atomic mass is 19.1. The van der Waals surface area contributed by atoms with Gasteiger partial charge in [0.05, 0.1) is 11.6 Å². The molecule has 0 N–H and O–H groups in total. The van der Waals surface area contributed by atoms with Crippen LogP contribution >= 0.6 is 0 Å². The third kappa shape index (κ3) is 3.99. The van der Waals surface area contributed by atoms with Crippen LogP contribution in [-0.4, -0.2) is 16.8 Å². The first-order chi connectivity index (χ1) is 11.7. The summed E-state index contributed by atoms with van der Waals surface area (Å²) >= 11 is 0. The summed E-state index contributed by atoms with van der Waals surface area (Å²) in [5.74, 6) is -0.201. The minimum absolute atomic E-state index is 0.0603. The lowest BCUT2D eigenvalue weighted by Crippen LogP contribution is -2.33. The fraction of sp³-hybridized carbons (Fsp3) is 0.300. The van der Waals surface area contributed by atoms with Crippen molar-refractivity contribution in [2.75, 3.05) is 0 Å². The zero-order chi connectivity index (χ0) is 16.9. The molecule has 0 saturated heterocycles. The molecule has 0 bridgehead atoms. The van der Waals surface area contributed by atoms with Crippen molar-refractivity contribution in [2.24, 2.45) is 0 Å². The Morgan fingerprint density at radius 3 is 2.50 bits per heavy atom. The lowest BCUT2D eigenvalue weighted by atomic mass is 10.1. The summed E-state index contributed by atoms with van der Waals surface area (Å²) in [6, 6.07) is 16.2. The maximum absolute atomic E-state index is 13.9. The normalized spacial score (nSPS) is 13.3. The summed E-state index contributed by atoms with van der Waals surface area (Å²) in [7, 11) is 0. The first kappa shape index (κ1) is 16.2. The minimum atomic E-state index is -0.261. The molecule has 122 valence electrons. The Morgan fingerprint density at radius 1 is 1.17 bits per heavy atom. The van der Waals surface area contributed by atoms with Crippen molar-refractivity contribution in [3.63, 3.8) is 0 Å². The van der Waals surface area contributed by atoms with Crippen molar-refractivity contribution >= 4 is 5.91 Å². The Labute approximate surface area is 141 Å². The second-order valence-electron chi connectivity index (χ2n) is 6.15. The minimum Gasteiger partial charge on any atom is -0.335 e. The zero-order valence-electron chi connectivity index (χ0n) is 13.4. The number of halogens is 1. The van der Waals surface area contributed by atoms with Crippen LogP contribution in [0, 0.1) is 17.1 Å². The van der Waals surface area contributed by atoms with Crippen LogP contribution in [0.25, 0.3) is 0 Å². The molecule has 0 heterocycles. The molecule has 2 aromatic rings. The lowest BCUT2D eigenvalue weighted by Gasteiger charge is -2.23. The summed E-state index contributed by atoms with van der Waals surface area (Å²) in [5, 5.41) is 8.81. The highest BCUT2D eigenvalue weighted by Crippen LogP contribution is 2.29. The Balaban J connectivity index is 1.62. The van der Waals surface area contributed by atoms with Gasteiger partial charge in [-0.25, -0.2) is 4.39 Å². The number of nitrogens with zero attached hydrogens (tertiary/aromatic N) is 2. The van der Waals surface area contributed by atoms with Gasteiger partial charge in [0.25, 0.3) is 0 Å². The maximum atomic E-state index is 13.9. The van der Waals surface area contributed by atoms with Crippen LogP contribution in [0.3, 0.4) is 0 Å². The van der Waals surface area contributed by atoms with Crippen molar-refractivity contribution in [2.45, 2.75) is 38.3 Å². The van der Waals surface area contributed by atoms with Gasteiger partial charge in [-0.15, -0.1) is 0 Å². The third-order valence-electron chi connectivity index (χ3n) is 4.32. The van der Waals surface area contributed by atoms with Gasteiger partial charge in [0.15, 0.2) is 0 Å². The Bertz CT molecular complexity index is 760. The zero-order valence-corrected chi connectivity index (χ0v) is 13.4. The summed E-state index contributed by atoms with van der Waals surface area (Å²) in [4.78, 5) is 14.4. The molecule has 0 aliphatic heterocycles. The van der Waals surface area contributed by atoms with Crippen LogP contribution in [0.1, 0.15) is 36.0 Å². The van der Waals surface area contributed by atoms with Crippen LogP contribution in [0.15, 0.2) is 48.5 Å². The van der Waals surface area contributed by atoms with Gasteiger partial charge < -0.3 is 4.90 Å². The second-order valence-corrected chi connectivity index (χ2v) is 6.15. The fourth-order valence-corrected chi connectivity index (χ4v) is 2.76. The van der Waals surface area contributed by atoms with Gasteiger partial charge in [-0.1, -0.05) is 30.3 Å². The number of hydrogen-bond donors (Lipinski definition) is 0. The summed E-state index contributed by atoms with van der Waals surface area (Å²) < 4.78 is 13.9. The van der Waals surface area contributed by atoms with Crippen LogP contribution in [-0.2, 0) is 17.8 Å². The fourth-order valence-electron chi connectivity index (χ4n) is 2.76. The van der Waals surface area contributed by atoms with E-state index in [1.54, 1.807) is 30.3 Å². The van der Waals surface area contributed by atoms with Gasteiger partial charge in [0.2, 0.25) is 5.91 Å². The standard InChI is InChI=1S/C20H19FN2O/c21-19-4-2-1-3-17(19)14-23(18-10-11-18)20(24)12-9-15-5-7-16(13-22)8-6-15/h1-8,18H,9-12,14H2. The van der Waals surface area contributed by atoms with E-state index in [9.17, 15) is 9.18 Å². The molecule has 1 saturated carbocycles. The van der Waals surface area contributed by atoms with Crippen LogP contribution in [0.4, 0.5) is 4.39 Å². The number of amides is 1. The average molecular weight is 322 g/mol. The molecule has 4 heteroatoms. The average Bonchev–Trinajstić information content (AvgIpc) is 3.44.